The zero-order valence-corrected chi connectivity index (χ0v) is 9.46. The largest absolute Gasteiger partial charge is 0.234 e. The molecule has 0 N–H and O–H groups in total. The smallest absolute Gasteiger partial charge is 0.150 e. The van der Waals surface area contributed by atoms with E-state index < -0.39 is 0 Å². The zero-order valence-electron chi connectivity index (χ0n) is 9.46. The van der Waals surface area contributed by atoms with Crippen LogP contribution in [-0.2, 0) is 0 Å². The average Bonchev–Trinajstić information content (AvgIpc) is 2.16. The van der Waals surface area contributed by atoms with Gasteiger partial charge in [0, 0.05) is 11.4 Å². The van der Waals surface area contributed by atoms with Gasteiger partial charge in [0.1, 0.15) is 0 Å². The Morgan fingerprint density at radius 1 is 0.857 bits per heavy atom. The van der Waals surface area contributed by atoms with Crippen molar-refractivity contribution in [3.8, 4) is 0 Å². The van der Waals surface area contributed by atoms with Gasteiger partial charge in [-0.2, -0.15) is 0 Å². The quantitative estimate of drug-likeness (QED) is 0.606. The van der Waals surface area contributed by atoms with E-state index in [1.807, 2.05) is 27.7 Å². The first-order chi connectivity index (χ1) is 6.51. The van der Waals surface area contributed by atoms with Crippen LogP contribution in [0.4, 0.5) is 0 Å². The third-order valence-corrected chi connectivity index (χ3v) is 1.60. The fourth-order valence-corrected chi connectivity index (χ4v) is 0.674. The third-order valence-electron chi connectivity index (χ3n) is 1.60. The van der Waals surface area contributed by atoms with Crippen molar-refractivity contribution >= 4 is 11.4 Å². The van der Waals surface area contributed by atoms with Crippen molar-refractivity contribution in [2.24, 2.45) is 9.98 Å². The average molecular weight is 190 g/mol. The van der Waals surface area contributed by atoms with Crippen molar-refractivity contribution in [2.45, 2.75) is 27.7 Å². The van der Waals surface area contributed by atoms with Crippen LogP contribution in [0.2, 0.25) is 0 Å². The van der Waals surface area contributed by atoms with E-state index in [4.69, 9.17) is 0 Å². The van der Waals surface area contributed by atoms with Gasteiger partial charge in [0.25, 0.3) is 0 Å². The Bertz CT molecular complexity index is 287. The van der Waals surface area contributed by atoms with E-state index in [1.54, 1.807) is 12.2 Å². The molecule has 0 amide bonds. The topological polar surface area (TPSA) is 24.7 Å². The highest BCUT2D eigenvalue weighted by molar-refractivity contribution is 5.95. The highest BCUT2D eigenvalue weighted by atomic mass is 15.0. The molecular formula is C12H18N2. The van der Waals surface area contributed by atoms with Crippen LogP contribution in [0.5, 0.6) is 0 Å². The first-order valence-corrected chi connectivity index (χ1v) is 4.54. The van der Waals surface area contributed by atoms with Crippen LogP contribution in [0, 0.1) is 0 Å². The van der Waals surface area contributed by atoms with Crippen molar-refractivity contribution in [2.75, 3.05) is 0 Å². The van der Waals surface area contributed by atoms with Crippen molar-refractivity contribution in [3.05, 3.63) is 36.7 Å². The van der Waals surface area contributed by atoms with Gasteiger partial charge >= 0.3 is 0 Å². The van der Waals surface area contributed by atoms with Crippen LogP contribution in [0.3, 0.4) is 0 Å². The molecule has 0 bridgehead atoms. The molecule has 2 heteroatoms. The molecule has 0 heterocycles. The van der Waals surface area contributed by atoms with Gasteiger partial charge in [-0.25, -0.2) is 9.98 Å². The van der Waals surface area contributed by atoms with E-state index in [0.29, 0.717) is 0 Å². The summed E-state index contributed by atoms with van der Waals surface area (Å²) in [4.78, 5) is 8.65. The number of aliphatic imine (C=N–C) groups is 2. The molecular weight excluding hydrogens is 172 g/mol. The Kier molecular flexibility index (Phi) is 5.46. The molecule has 0 aliphatic heterocycles. The van der Waals surface area contributed by atoms with Crippen LogP contribution in [0.15, 0.2) is 46.7 Å². The molecule has 0 saturated carbocycles. The minimum Gasteiger partial charge on any atom is -0.234 e. The summed E-state index contributed by atoms with van der Waals surface area (Å²) >= 11 is 0. The number of hydrogen-bond donors (Lipinski definition) is 0. The predicted molar refractivity (Wildman–Crippen MR) is 65.0 cm³/mol. The van der Waals surface area contributed by atoms with E-state index >= 15 is 0 Å². The number of hydrogen-bond acceptors (Lipinski definition) is 2. The maximum absolute atomic E-state index is 4.33. The summed E-state index contributed by atoms with van der Waals surface area (Å²) in [6, 6.07) is 0. The van der Waals surface area contributed by atoms with Crippen LogP contribution in [-0.4, -0.2) is 11.4 Å². The summed E-state index contributed by atoms with van der Waals surface area (Å²) in [6.07, 6.45) is 3.42. The molecule has 0 aliphatic carbocycles. The number of nitrogens with zero attached hydrogens (tertiary/aromatic N) is 2. The normalized spacial score (nSPS) is 12.3. The Morgan fingerprint density at radius 3 is 1.43 bits per heavy atom. The summed E-state index contributed by atoms with van der Waals surface area (Å²) in [5, 5.41) is 0. The van der Waals surface area contributed by atoms with E-state index in [2.05, 4.69) is 23.1 Å². The van der Waals surface area contributed by atoms with Gasteiger partial charge in [-0.15, -0.1) is 0 Å². The zero-order chi connectivity index (χ0) is 11.1. The van der Waals surface area contributed by atoms with Crippen molar-refractivity contribution < 1.29 is 0 Å². The van der Waals surface area contributed by atoms with Crippen LogP contribution in [0.25, 0.3) is 0 Å². The lowest BCUT2D eigenvalue weighted by Gasteiger charge is -2.00. The van der Waals surface area contributed by atoms with Crippen LogP contribution >= 0.6 is 0 Å². The lowest BCUT2D eigenvalue weighted by molar-refractivity contribution is 1.14. The van der Waals surface area contributed by atoms with Crippen molar-refractivity contribution in [3.63, 3.8) is 0 Å². The molecule has 0 aliphatic rings. The van der Waals surface area contributed by atoms with Crippen molar-refractivity contribution in [1.82, 2.24) is 0 Å². The molecule has 14 heavy (non-hydrogen) atoms. The van der Waals surface area contributed by atoms with E-state index in [1.165, 1.54) is 0 Å². The van der Waals surface area contributed by atoms with Crippen molar-refractivity contribution in [1.29, 1.82) is 0 Å². The molecule has 0 rings (SSSR count). The van der Waals surface area contributed by atoms with Gasteiger partial charge in [-0.05, 0) is 45.4 Å². The summed E-state index contributed by atoms with van der Waals surface area (Å²) in [5.74, 6) is 0.736. The second-order valence-corrected chi connectivity index (χ2v) is 3.24. The first-order valence-electron chi connectivity index (χ1n) is 4.54. The van der Waals surface area contributed by atoms with E-state index in [-0.39, 0.29) is 0 Å². The fraction of sp³-hybridized carbons (Fsp3) is 0.333. The molecule has 0 aromatic heterocycles. The number of allylic oxidation sites excluding steroid dienone is 3. The minimum atomic E-state index is 0.736. The van der Waals surface area contributed by atoms with Gasteiger partial charge in [0.05, 0.1) is 0 Å². The third kappa shape index (κ3) is 4.55. The molecule has 0 fully saturated rings. The SMILES string of the molecule is C=CC(C)=NC(N=C(C)C=C)=C(C)C. The Morgan fingerprint density at radius 2 is 1.21 bits per heavy atom. The predicted octanol–water partition coefficient (Wildman–Crippen LogP) is 3.53. The standard InChI is InChI=1S/C12H18N2/c1-7-10(5)13-12(9(3)4)14-11(6)8-2/h7-8H,1-2H2,3-6H3. The maximum atomic E-state index is 4.33. The van der Waals surface area contributed by atoms with E-state index in [0.717, 1.165) is 22.8 Å². The Balaban J connectivity index is 5.12. The molecule has 0 atom stereocenters. The van der Waals surface area contributed by atoms with E-state index in [9.17, 15) is 0 Å². The van der Waals surface area contributed by atoms with Crippen LogP contribution < -0.4 is 0 Å². The second kappa shape index (κ2) is 6.08. The monoisotopic (exact) mass is 190 g/mol. The fourth-order valence-electron chi connectivity index (χ4n) is 0.674. The minimum absolute atomic E-state index is 0.736. The summed E-state index contributed by atoms with van der Waals surface area (Å²) in [5.41, 5.74) is 2.80. The summed E-state index contributed by atoms with van der Waals surface area (Å²) in [7, 11) is 0. The van der Waals surface area contributed by atoms with Gasteiger partial charge in [-0.3, -0.25) is 0 Å². The number of rotatable bonds is 4. The lowest BCUT2D eigenvalue weighted by atomic mass is 10.3. The molecule has 0 unspecified atom stereocenters. The van der Waals surface area contributed by atoms with Crippen LogP contribution in [0.1, 0.15) is 27.7 Å². The molecule has 0 saturated heterocycles. The van der Waals surface area contributed by atoms with Gasteiger partial charge < -0.3 is 0 Å². The van der Waals surface area contributed by atoms with Gasteiger partial charge in [-0.1, -0.05) is 13.2 Å². The Labute approximate surface area is 86.5 Å². The molecule has 0 aromatic carbocycles. The summed E-state index contributed by atoms with van der Waals surface area (Å²) in [6.45, 7) is 15.1. The lowest BCUT2D eigenvalue weighted by Crippen LogP contribution is -1.91. The maximum Gasteiger partial charge on any atom is 0.150 e. The molecule has 2 nitrogen and oxygen atoms in total. The van der Waals surface area contributed by atoms with Gasteiger partial charge in [0.15, 0.2) is 5.82 Å². The van der Waals surface area contributed by atoms with Gasteiger partial charge in [0.2, 0.25) is 0 Å². The molecule has 0 radical (unpaired) electrons. The molecule has 0 spiro atoms. The highest BCUT2D eigenvalue weighted by Crippen LogP contribution is 2.08. The Hall–Kier alpha value is -1.44. The second-order valence-electron chi connectivity index (χ2n) is 3.24. The first kappa shape index (κ1) is 12.6. The summed E-state index contributed by atoms with van der Waals surface area (Å²) < 4.78 is 0. The highest BCUT2D eigenvalue weighted by Gasteiger charge is 1.95. The molecule has 0 aromatic rings. The molecule has 76 valence electrons.